The quantitative estimate of drug-likeness (QED) is 0.320. The summed E-state index contributed by atoms with van der Waals surface area (Å²) in [6.45, 7) is 3.18. The van der Waals surface area contributed by atoms with E-state index in [2.05, 4.69) is 24.9 Å². The summed E-state index contributed by atoms with van der Waals surface area (Å²) in [5, 5.41) is 12.3. The lowest BCUT2D eigenvalue weighted by Crippen LogP contribution is -2.74. The third-order valence-electron chi connectivity index (χ3n) is 9.91. The summed E-state index contributed by atoms with van der Waals surface area (Å²) < 4.78 is 18.2. The number of likely N-dealkylation sites (N-methyl/N-ethyl adjacent to an activating group) is 1. The van der Waals surface area contributed by atoms with E-state index in [9.17, 15) is 9.90 Å². The van der Waals surface area contributed by atoms with Crippen LogP contribution in [0.5, 0.6) is 11.5 Å². The Bertz CT molecular complexity index is 1080. The zero-order valence-electron chi connectivity index (χ0n) is 22.1. The van der Waals surface area contributed by atoms with Crippen LogP contribution in [0.3, 0.4) is 0 Å². The van der Waals surface area contributed by atoms with Crippen molar-refractivity contribution in [1.82, 2.24) is 4.90 Å². The van der Waals surface area contributed by atoms with Crippen LogP contribution < -0.4 is 9.47 Å². The molecule has 2 bridgehead atoms. The highest BCUT2D eigenvalue weighted by Gasteiger charge is 2.85. The highest BCUT2D eigenvalue weighted by atomic mass is 16.6. The lowest BCUT2D eigenvalue weighted by Gasteiger charge is -2.60. The predicted octanol–water partition coefficient (Wildman–Crippen LogP) is 5.15. The summed E-state index contributed by atoms with van der Waals surface area (Å²) in [6.07, 6.45) is 14.1. The predicted molar refractivity (Wildman–Crippen MR) is 137 cm³/mol. The first-order valence-electron chi connectivity index (χ1n) is 14.1. The first kappa shape index (κ1) is 24.3. The molecule has 0 amide bonds. The maximum absolute atomic E-state index is 12.9. The number of rotatable bonds is 12. The van der Waals surface area contributed by atoms with E-state index in [-0.39, 0.29) is 17.4 Å². The number of nitrogens with zero attached hydrogens (tertiary/aromatic N) is 1. The normalized spacial score (nSPS) is 34.5. The van der Waals surface area contributed by atoms with Gasteiger partial charge in [-0.05, 0) is 37.6 Å². The maximum atomic E-state index is 12.9. The Hall–Kier alpha value is -2.05. The van der Waals surface area contributed by atoms with Crippen LogP contribution in [0.15, 0.2) is 24.0 Å². The van der Waals surface area contributed by atoms with Crippen molar-refractivity contribution in [1.29, 1.82) is 0 Å². The monoisotopic (exact) mass is 495 g/mol. The van der Waals surface area contributed by atoms with Crippen molar-refractivity contribution in [2.24, 2.45) is 0 Å². The third kappa shape index (κ3) is 3.06. The zero-order chi connectivity index (χ0) is 25.1. The molecule has 0 radical (unpaired) electrons. The van der Waals surface area contributed by atoms with Gasteiger partial charge in [0, 0.05) is 30.4 Å². The molecule has 3 aliphatic carbocycles. The van der Waals surface area contributed by atoms with Gasteiger partial charge in [-0.3, -0.25) is 9.69 Å². The van der Waals surface area contributed by atoms with Gasteiger partial charge < -0.3 is 19.3 Å². The van der Waals surface area contributed by atoms with Crippen LogP contribution in [-0.4, -0.2) is 54.4 Å². The number of ether oxygens (including phenoxy) is 3. The first-order valence-corrected chi connectivity index (χ1v) is 14.1. The third-order valence-corrected chi connectivity index (χ3v) is 9.91. The molecule has 6 rings (SSSR count). The fraction of sp³-hybridized carbons (Fsp3) is 0.700. The lowest BCUT2D eigenvalue weighted by atomic mass is 9.56. The first-order chi connectivity index (χ1) is 17.4. The van der Waals surface area contributed by atoms with Crippen LogP contribution in [0.1, 0.15) is 95.1 Å². The highest BCUT2D eigenvalue weighted by Crippen LogP contribution is 2.77. The molecule has 0 aromatic heterocycles. The average molecular weight is 496 g/mol. The molecule has 5 aliphatic rings. The summed E-state index contributed by atoms with van der Waals surface area (Å²) in [7, 11) is 3.76. The number of benzene rings is 1. The number of unbranched alkanes of at least 4 members (excludes halogenated alkanes) is 8. The van der Waals surface area contributed by atoms with Gasteiger partial charge in [-0.25, -0.2) is 0 Å². The van der Waals surface area contributed by atoms with Gasteiger partial charge in [-0.2, -0.15) is 0 Å². The molecule has 4 unspecified atom stereocenters. The maximum Gasteiger partial charge on any atom is 0.310 e. The fourth-order valence-electron chi connectivity index (χ4n) is 8.62. The van der Waals surface area contributed by atoms with Gasteiger partial charge in [0.15, 0.2) is 17.6 Å². The molecular weight excluding hydrogens is 454 g/mol. The Morgan fingerprint density at radius 3 is 2.56 bits per heavy atom. The van der Waals surface area contributed by atoms with E-state index in [0.717, 1.165) is 37.1 Å². The topological polar surface area (TPSA) is 68.2 Å². The van der Waals surface area contributed by atoms with E-state index >= 15 is 0 Å². The summed E-state index contributed by atoms with van der Waals surface area (Å²) in [5.74, 6) is 1.80. The lowest BCUT2D eigenvalue weighted by molar-refractivity contribution is -0.150. The van der Waals surface area contributed by atoms with E-state index in [4.69, 9.17) is 14.2 Å². The minimum Gasteiger partial charge on any atom is -0.493 e. The van der Waals surface area contributed by atoms with Crippen LogP contribution in [0.25, 0.3) is 0 Å². The number of methoxy groups -OCH3 is 1. The van der Waals surface area contributed by atoms with Gasteiger partial charge in [0.05, 0.1) is 24.2 Å². The second kappa shape index (κ2) is 8.76. The Morgan fingerprint density at radius 1 is 1.14 bits per heavy atom. The van der Waals surface area contributed by atoms with Crippen molar-refractivity contribution in [2.75, 3.05) is 20.7 Å². The summed E-state index contributed by atoms with van der Waals surface area (Å²) >= 11 is 0. The molecule has 36 heavy (non-hydrogen) atoms. The molecule has 2 fully saturated rings. The van der Waals surface area contributed by atoms with Gasteiger partial charge >= 0.3 is 5.97 Å². The largest absolute Gasteiger partial charge is 0.493 e. The number of carbonyl (C=O) groups excluding carboxylic acids is 1. The van der Waals surface area contributed by atoms with Crippen LogP contribution >= 0.6 is 0 Å². The highest BCUT2D eigenvalue weighted by molar-refractivity contribution is 5.74. The number of hydrogen-bond donors (Lipinski definition) is 1. The van der Waals surface area contributed by atoms with Crippen molar-refractivity contribution in [3.63, 3.8) is 0 Å². The molecule has 5 atom stereocenters. The van der Waals surface area contributed by atoms with Gasteiger partial charge in [0.2, 0.25) is 0 Å². The Morgan fingerprint density at radius 2 is 1.86 bits per heavy atom. The SMILES string of the molecule is CCCCCCCCCCCC(=O)OC1=CCC2(O)C3N(C)CC34CC23c2c4ccc(OC)c2O[C@@H]13. The molecular formula is C30H41NO5. The second-order valence-electron chi connectivity index (χ2n) is 11.9. The molecule has 196 valence electrons. The number of likely N-dealkylation sites (tertiary alicyclic amines) is 1. The van der Waals surface area contributed by atoms with Gasteiger partial charge in [0.1, 0.15) is 5.76 Å². The molecule has 1 aromatic carbocycles. The summed E-state index contributed by atoms with van der Waals surface area (Å²) in [6, 6.07) is 4.22. The van der Waals surface area contributed by atoms with E-state index in [0.29, 0.717) is 24.4 Å². The molecule has 1 N–H and O–H groups in total. The smallest absolute Gasteiger partial charge is 0.310 e. The van der Waals surface area contributed by atoms with E-state index in [1.165, 1.54) is 50.5 Å². The van der Waals surface area contributed by atoms with Crippen molar-refractivity contribution < 1.29 is 24.1 Å². The molecule has 1 saturated heterocycles. The van der Waals surface area contributed by atoms with Crippen molar-refractivity contribution >= 4 is 5.97 Å². The van der Waals surface area contributed by atoms with Crippen LogP contribution in [0.2, 0.25) is 0 Å². The summed E-state index contributed by atoms with van der Waals surface area (Å²) in [5.41, 5.74) is 0.785. The molecule has 1 saturated carbocycles. The number of aliphatic hydroxyl groups is 1. The molecule has 2 spiro atoms. The molecule has 1 aromatic rings. The van der Waals surface area contributed by atoms with E-state index < -0.39 is 17.1 Å². The zero-order valence-corrected chi connectivity index (χ0v) is 22.1. The average Bonchev–Trinajstić information content (AvgIpc) is 3.42. The van der Waals surface area contributed by atoms with E-state index in [1.807, 2.05) is 12.1 Å². The number of esters is 1. The number of fused-ring (bicyclic) bond motifs is 1. The van der Waals surface area contributed by atoms with Crippen molar-refractivity contribution in [3.05, 3.63) is 35.1 Å². The number of hydrogen-bond acceptors (Lipinski definition) is 6. The molecule has 6 heteroatoms. The molecule has 2 aliphatic heterocycles. The van der Waals surface area contributed by atoms with Gasteiger partial charge in [0.25, 0.3) is 0 Å². The van der Waals surface area contributed by atoms with Gasteiger partial charge in [-0.1, -0.05) is 64.4 Å². The minimum atomic E-state index is -0.942. The van der Waals surface area contributed by atoms with Gasteiger partial charge in [-0.15, -0.1) is 0 Å². The van der Waals surface area contributed by atoms with Crippen molar-refractivity contribution in [3.8, 4) is 11.5 Å². The fourth-order valence-corrected chi connectivity index (χ4v) is 8.62. The minimum absolute atomic E-state index is 0.0541. The standard InChI is InChI=1S/C30H41NO5/c1-4-5-6-7-8-9-10-11-12-13-23(32)35-22-16-17-30(33)27-28(19-31(27)2)18-29(30)24-20(28)14-15-21(34-3)25(24)36-26(22)29/h14-16,26-27,33H,4-13,17-19H2,1-3H3/t26-,27?,28?,29?,30?/m0/s1. The van der Waals surface area contributed by atoms with Crippen LogP contribution in [0, 0.1) is 0 Å². The van der Waals surface area contributed by atoms with Crippen LogP contribution in [-0.2, 0) is 20.4 Å². The Kier molecular flexibility index (Phi) is 5.91. The van der Waals surface area contributed by atoms with E-state index in [1.54, 1.807) is 7.11 Å². The molecule has 2 heterocycles. The Labute approximate surface area is 215 Å². The van der Waals surface area contributed by atoms with Crippen molar-refractivity contribution in [2.45, 2.75) is 113 Å². The number of carbonyl (C=O) groups is 1. The second-order valence-corrected chi connectivity index (χ2v) is 11.9. The molecule has 6 nitrogen and oxygen atoms in total. The summed E-state index contributed by atoms with van der Waals surface area (Å²) in [4.78, 5) is 15.1. The van der Waals surface area contributed by atoms with Crippen LogP contribution in [0.4, 0.5) is 0 Å². The Balaban J connectivity index is 1.14.